The number of aliphatic hydroxyl groups is 2. The molecule has 0 saturated carbocycles. The van der Waals surface area contributed by atoms with Crippen molar-refractivity contribution in [3.63, 3.8) is 0 Å². The molecule has 0 spiro atoms. The molecule has 0 aliphatic heterocycles. The number of nitrogens with zero attached hydrogens (tertiary/aromatic N) is 1. The molecule has 0 aromatic rings. The Bertz CT molecular complexity index is 320. The SMILES string of the molecule is C=CC(O)CN(CC(O)/C=C/C)C(=O)OC(C)(C)C. The van der Waals surface area contributed by atoms with E-state index < -0.39 is 23.9 Å². The van der Waals surface area contributed by atoms with E-state index in [9.17, 15) is 15.0 Å². The van der Waals surface area contributed by atoms with Gasteiger partial charge in [-0.1, -0.05) is 18.2 Å². The predicted molar refractivity (Wildman–Crippen MR) is 74.8 cm³/mol. The second-order valence-electron chi connectivity index (χ2n) is 5.28. The number of carbonyl (C=O) groups excluding carboxylic acids is 1. The second-order valence-corrected chi connectivity index (χ2v) is 5.28. The molecule has 0 radical (unpaired) electrons. The van der Waals surface area contributed by atoms with Crippen LogP contribution in [-0.4, -0.2) is 52.1 Å². The van der Waals surface area contributed by atoms with E-state index in [0.29, 0.717) is 0 Å². The topological polar surface area (TPSA) is 70.0 Å². The van der Waals surface area contributed by atoms with Crippen LogP contribution < -0.4 is 0 Å². The molecule has 0 aromatic heterocycles. The number of allylic oxidation sites excluding steroid dienone is 1. The summed E-state index contributed by atoms with van der Waals surface area (Å²) >= 11 is 0. The Hall–Kier alpha value is -1.33. The van der Waals surface area contributed by atoms with Crippen LogP contribution in [0.4, 0.5) is 4.79 Å². The van der Waals surface area contributed by atoms with Crippen LogP contribution >= 0.6 is 0 Å². The summed E-state index contributed by atoms with van der Waals surface area (Å²) in [6.07, 6.45) is 2.37. The first-order valence-electron chi connectivity index (χ1n) is 6.29. The van der Waals surface area contributed by atoms with Gasteiger partial charge in [-0.2, -0.15) is 0 Å². The van der Waals surface area contributed by atoms with Crippen molar-refractivity contribution in [2.75, 3.05) is 13.1 Å². The molecular weight excluding hydrogens is 246 g/mol. The molecule has 0 saturated heterocycles. The average Bonchev–Trinajstić information content (AvgIpc) is 2.25. The van der Waals surface area contributed by atoms with Gasteiger partial charge in [-0.15, -0.1) is 6.58 Å². The number of hydrogen-bond acceptors (Lipinski definition) is 4. The molecule has 0 aliphatic rings. The lowest BCUT2D eigenvalue weighted by Gasteiger charge is -2.29. The number of rotatable bonds is 6. The molecule has 2 unspecified atom stereocenters. The molecule has 19 heavy (non-hydrogen) atoms. The minimum Gasteiger partial charge on any atom is -0.444 e. The van der Waals surface area contributed by atoms with E-state index in [1.807, 2.05) is 0 Å². The summed E-state index contributed by atoms with van der Waals surface area (Å²) < 4.78 is 5.23. The molecule has 0 heterocycles. The first-order chi connectivity index (χ1) is 8.69. The zero-order chi connectivity index (χ0) is 15.1. The molecule has 1 amide bonds. The number of carbonyl (C=O) groups is 1. The molecule has 2 atom stereocenters. The molecule has 110 valence electrons. The zero-order valence-corrected chi connectivity index (χ0v) is 12.2. The lowest BCUT2D eigenvalue weighted by atomic mass is 10.2. The van der Waals surface area contributed by atoms with Gasteiger partial charge < -0.3 is 19.8 Å². The van der Waals surface area contributed by atoms with Crippen molar-refractivity contribution in [1.29, 1.82) is 0 Å². The zero-order valence-electron chi connectivity index (χ0n) is 12.2. The first kappa shape index (κ1) is 17.7. The van der Waals surface area contributed by atoms with Crippen LogP contribution in [0.25, 0.3) is 0 Å². The van der Waals surface area contributed by atoms with Crippen LogP contribution in [0, 0.1) is 0 Å². The summed E-state index contributed by atoms with van der Waals surface area (Å²) in [5.74, 6) is 0. The normalized spacial score (nSPS) is 15.1. The molecular formula is C14H25NO4. The van der Waals surface area contributed by atoms with Gasteiger partial charge in [-0.05, 0) is 27.7 Å². The Morgan fingerprint density at radius 1 is 1.32 bits per heavy atom. The van der Waals surface area contributed by atoms with Crippen molar-refractivity contribution < 1.29 is 19.7 Å². The van der Waals surface area contributed by atoms with Gasteiger partial charge in [-0.3, -0.25) is 0 Å². The number of aliphatic hydroxyl groups excluding tert-OH is 2. The van der Waals surface area contributed by atoms with E-state index >= 15 is 0 Å². The van der Waals surface area contributed by atoms with Gasteiger partial charge in [0.2, 0.25) is 0 Å². The molecule has 2 N–H and O–H groups in total. The smallest absolute Gasteiger partial charge is 0.410 e. The number of ether oxygens (including phenoxy) is 1. The second kappa shape index (κ2) is 7.96. The minimum atomic E-state index is -0.856. The number of amides is 1. The van der Waals surface area contributed by atoms with E-state index in [1.54, 1.807) is 39.8 Å². The summed E-state index contributed by atoms with van der Waals surface area (Å²) in [5, 5.41) is 19.3. The summed E-state index contributed by atoms with van der Waals surface area (Å²) in [7, 11) is 0. The van der Waals surface area contributed by atoms with E-state index in [0.717, 1.165) is 0 Å². The Balaban J connectivity index is 4.74. The minimum absolute atomic E-state index is 0.0347. The average molecular weight is 271 g/mol. The summed E-state index contributed by atoms with van der Waals surface area (Å²) in [6.45, 7) is 10.6. The summed E-state index contributed by atoms with van der Waals surface area (Å²) in [6, 6.07) is 0. The molecule has 0 aromatic carbocycles. The Morgan fingerprint density at radius 2 is 1.84 bits per heavy atom. The largest absolute Gasteiger partial charge is 0.444 e. The van der Waals surface area contributed by atoms with Gasteiger partial charge in [0.1, 0.15) is 5.60 Å². The Kier molecular flexibility index (Phi) is 7.41. The highest BCUT2D eigenvalue weighted by Gasteiger charge is 2.24. The predicted octanol–water partition coefficient (Wildman–Crippen LogP) is 1.71. The first-order valence-corrected chi connectivity index (χ1v) is 6.29. The van der Waals surface area contributed by atoms with Crippen LogP contribution in [0.2, 0.25) is 0 Å². The highest BCUT2D eigenvalue weighted by molar-refractivity contribution is 5.68. The maximum atomic E-state index is 12.0. The van der Waals surface area contributed by atoms with Crippen molar-refractivity contribution in [3.05, 3.63) is 24.8 Å². The molecule has 0 fully saturated rings. The van der Waals surface area contributed by atoms with Crippen LogP contribution in [0.5, 0.6) is 0 Å². The van der Waals surface area contributed by atoms with Crippen molar-refractivity contribution in [1.82, 2.24) is 4.90 Å². The summed E-state index contributed by atoms with van der Waals surface area (Å²) in [4.78, 5) is 13.2. The highest BCUT2D eigenvalue weighted by Crippen LogP contribution is 2.11. The van der Waals surface area contributed by atoms with Gasteiger partial charge in [0.25, 0.3) is 0 Å². The third kappa shape index (κ3) is 8.40. The van der Waals surface area contributed by atoms with Gasteiger partial charge in [0.05, 0.1) is 25.3 Å². The van der Waals surface area contributed by atoms with Crippen molar-refractivity contribution in [2.24, 2.45) is 0 Å². The molecule has 0 bridgehead atoms. The van der Waals surface area contributed by atoms with Crippen molar-refractivity contribution >= 4 is 6.09 Å². The van der Waals surface area contributed by atoms with Crippen molar-refractivity contribution in [2.45, 2.75) is 45.5 Å². The van der Waals surface area contributed by atoms with Gasteiger partial charge in [-0.25, -0.2) is 4.79 Å². The van der Waals surface area contributed by atoms with Crippen LogP contribution in [0.3, 0.4) is 0 Å². The fraction of sp³-hybridized carbons (Fsp3) is 0.643. The van der Waals surface area contributed by atoms with Gasteiger partial charge in [0, 0.05) is 0 Å². The third-order valence-corrected chi connectivity index (χ3v) is 2.15. The number of hydrogen-bond donors (Lipinski definition) is 2. The fourth-order valence-electron chi connectivity index (χ4n) is 1.36. The van der Waals surface area contributed by atoms with E-state index in [4.69, 9.17) is 4.74 Å². The lowest BCUT2D eigenvalue weighted by Crippen LogP contribution is -2.44. The monoisotopic (exact) mass is 271 g/mol. The van der Waals surface area contributed by atoms with E-state index in [-0.39, 0.29) is 13.1 Å². The Labute approximate surface area is 115 Å². The molecule has 5 nitrogen and oxygen atoms in total. The maximum absolute atomic E-state index is 12.0. The van der Waals surface area contributed by atoms with E-state index in [1.165, 1.54) is 11.0 Å². The molecule has 0 aliphatic carbocycles. The van der Waals surface area contributed by atoms with Gasteiger partial charge >= 0.3 is 6.09 Å². The van der Waals surface area contributed by atoms with Crippen LogP contribution in [-0.2, 0) is 4.74 Å². The standard InChI is InChI=1S/C14H25NO4/c1-6-8-12(17)10-15(9-11(16)7-2)13(18)19-14(3,4)5/h6-8,11-12,16-17H,2,9-10H2,1,3-5H3/b8-6+. The maximum Gasteiger partial charge on any atom is 0.410 e. The van der Waals surface area contributed by atoms with Crippen LogP contribution in [0.15, 0.2) is 24.8 Å². The summed E-state index contributed by atoms with van der Waals surface area (Å²) in [5.41, 5.74) is -0.625. The van der Waals surface area contributed by atoms with E-state index in [2.05, 4.69) is 6.58 Å². The lowest BCUT2D eigenvalue weighted by molar-refractivity contribution is 0.0107. The third-order valence-electron chi connectivity index (χ3n) is 2.15. The molecule has 0 rings (SSSR count). The molecule has 5 heteroatoms. The van der Waals surface area contributed by atoms with Crippen molar-refractivity contribution in [3.8, 4) is 0 Å². The fourth-order valence-corrected chi connectivity index (χ4v) is 1.36. The van der Waals surface area contributed by atoms with Gasteiger partial charge in [0.15, 0.2) is 0 Å². The quantitative estimate of drug-likeness (QED) is 0.721. The Morgan fingerprint density at radius 3 is 2.26 bits per heavy atom. The van der Waals surface area contributed by atoms with Crippen LogP contribution in [0.1, 0.15) is 27.7 Å². The highest BCUT2D eigenvalue weighted by atomic mass is 16.6.